The maximum absolute atomic E-state index is 12.0. The summed E-state index contributed by atoms with van der Waals surface area (Å²) < 4.78 is 28.7. The Kier molecular flexibility index (Phi) is 4.45. The van der Waals surface area contributed by atoms with Gasteiger partial charge in [0.25, 0.3) is 5.91 Å². The van der Waals surface area contributed by atoms with Gasteiger partial charge in [0.2, 0.25) is 0 Å². The van der Waals surface area contributed by atoms with Crippen molar-refractivity contribution in [3.05, 3.63) is 29.3 Å². The zero-order valence-corrected chi connectivity index (χ0v) is 12.5. The van der Waals surface area contributed by atoms with Crippen molar-refractivity contribution < 1.29 is 17.9 Å². The Balaban J connectivity index is 2.10. The van der Waals surface area contributed by atoms with Gasteiger partial charge in [0.15, 0.2) is 9.84 Å². The maximum Gasteiger partial charge on any atom is 0.251 e. The topological polar surface area (TPSA) is 72.5 Å². The molecule has 5 nitrogen and oxygen atoms in total. The summed E-state index contributed by atoms with van der Waals surface area (Å²) in [5, 5.41) is 2.78. The fraction of sp³-hybridized carbons (Fsp3) is 0.500. The molecule has 1 heterocycles. The molecule has 1 aliphatic heterocycles. The van der Waals surface area contributed by atoms with Gasteiger partial charge in [0.05, 0.1) is 11.0 Å². The molecule has 1 fully saturated rings. The number of amides is 1. The van der Waals surface area contributed by atoms with Crippen molar-refractivity contribution in [3.8, 4) is 0 Å². The Morgan fingerprint density at radius 3 is 2.80 bits per heavy atom. The first-order chi connectivity index (χ1) is 9.38. The largest absolute Gasteiger partial charge is 0.376 e. The number of sulfone groups is 1. The minimum absolute atomic E-state index is 0.0683. The molecule has 0 bridgehead atoms. The summed E-state index contributed by atoms with van der Waals surface area (Å²) in [6.45, 7) is 2.91. The molecule has 0 radical (unpaired) electrons. The molecule has 0 saturated carbocycles. The number of carbonyl (C=O) groups excluding carboxylic acids is 1. The van der Waals surface area contributed by atoms with Crippen molar-refractivity contribution in [2.75, 3.05) is 19.4 Å². The molecule has 1 aliphatic rings. The lowest BCUT2D eigenvalue weighted by atomic mass is 10.1. The van der Waals surface area contributed by atoms with Crippen molar-refractivity contribution >= 4 is 15.7 Å². The van der Waals surface area contributed by atoms with Gasteiger partial charge in [0, 0.05) is 25.0 Å². The number of ether oxygens (including phenoxy) is 1. The summed E-state index contributed by atoms with van der Waals surface area (Å²) in [7, 11) is -3.32. The molecule has 1 aromatic carbocycles. The molecule has 20 heavy (non-hydrogen) atoms. The van der Waals surface area contributed by atoms with Crippen LogP contribution in [0.15, 0.2) is 23.1 Å². The third-order valence-electron chi connectivity index (χ3n) is 3.36. The van der Waals surface area contributed by atoms with Crippen LogP contribution in [0.1, 0.15) is 28.8 Å². The number of hydrogen-bond acceptors (Lipinski definition) is 4. The Labute approximate surface area is 119 Å². The highest BCUT2D eigenvalue weighted by Crippen LogP contribution is 2.17. The fourth-order valence-corrected chi connectivity index (χ4v) is 3.25. The third kappa shape index (κ3) is 3.58. The Hall–Kier alpha value is -1.40. The van der Waals surface area contributed by atoms with E-state index in [9.17, 15) is 13.2 Å². The third-order valence-corrected chi connectivity index (χ3v) is 4.60. The number of aryl methyl sites for hydroxylation is 1. The predicted octanol–water partition coefficient (Wildman–Crippen LogP) is 1.31. The Morgan fingerprint density at radius 2 is 2.20 bits per heavy atom. The summed E-state index contributed by atoms with van der Waals surface area (Å²) in [5.74, 6) is -0.273. The van der Waals surface area contributed by atoms with E-state index in [4.69, 9.17) is 4.74 Å². The summed E-state index contributed by atoms with van der Waals surface area (Å²) in [4.78, 5) is 12.2. The van der Waals surface area contributed by atoms with Gasteiger partial charge in [-0.25, -0.2) is 8.42 Å². The molecule has 2 rings (SSSR count). The second kappa shape index (κ2) is 5.93. The van der Waals surface area contributed by atoms with Gasteiger partial charge >= 0.3 is 0 Å². The Morgan fingerprint density at radius 1 is 1.45 bits per heavy atom. The Bertz CT molecular complexity index is 604. The van der Waals surface area contributed by atoms with Gasteiger partial charge in [-0.3, -0.25) is 4.79 Å². The molecule has 110 valence electrons. The van der Waals surface area contributed by atoms with Crippen molar-refractivity contribution in [3.63, 3.8) is 0 Å². The number of benzene rings is 1. The van der Waals surface area contributed by atoms with Gasteiger partial charge in [-0.1, -0.05) is 6.07 Å². The number of carbonyl (C=O) groups is 1. The van der Waals surface area contributed by atoms with Gasteiger partial charge in [0.1, 0.15) is 0 Å². The van der Waals surface area contributed by atoms with Crippen LogP contribution < -0.4 is 5.32 Å². The van der Waals surface area contributed by atoms with E-state index in [1.54, 1.807) is 19.1 Å². The minimum atomic E-state index is -3.32. The van der Waals surface area contributed by atoms with Crippen molar-refractivity contribution in [1.29, 1.82) is 0 Å². The number of rotatable bonds is 4. The highest BCUT2D eigenvalue weighted by molar-refractivity contribution is 7.90. The highest BCUT2D eigenvalue weighted by Gasteiger charge is 2.18. The quantitative estimate of drug-likeness (QED) is 0.909. The van der Waals surface area contributed by atoms with Gasteiger partial charge in [-0.05, 0) is 37.5 Å². The normalized spacial score (nSPS) is 19.0. The molecule has 0 spiro atoms. The van der Waals surface area contributed by atoms with E-state index in [1.165, 1.54) is 6.07 Å². The molecule has 1 unspecified atom stereocenters. The molecule has 0 aromatic heterocycles. The van der Waals surface area contributed by atoms with E-state index in [0.717, 1.165) is 25.7 Å². The van der Waals surface area contributed by atoms with Crippen molar-refractivity contribution in [2.24, 2.45) is 0 Å². The zero-order chi connectivity index (χ0) is 14.8. The first kappa shape index (κ1) is 15.0. The average Bonchev–Trinajstić information content (AvgIpc) is 2.88. The van der Waals surface area contributed by atoms with Crippen LogP contribution in [0.25, 0.3) is 0 Å². The van der Waals surface area contributed by atoms with Crippen LogP contribution in [0, 0.1) is 6.92 Å². The molecular formula is C14H19NO4S. The molecule has 1 N–H and O–H groups in total. The molecule has 1 atom stereocenters. The fourth-order valence-electron chi connectivity index (χ4n) is 2.25. The average molecular weight is 297 g/mol. The van der Waals surface area contributed by atoms with Gasteiger partial charge in [-0.2, -0.15) is 0 Å². The first-order valence-electron chi connectivity index (χ1n) is 6.58. The van der Waals surface area contributed by atoms with Crippen LogP contribution in [0.3, 0.4) is 0 Å². The number of hydrogen-bond donors (Lipinski definition) is 1. The minimum Gasteiger partial charge on any atom is -0.376 e. The van der Waals surface area contributed by atoms with Crippen LogP contribution in [-0.2, 0) is 14.6 Å². The molecule has 1 amide bonds. The van der Waals surface area contributed by atoms with Crippen LogP contribution in [-0.4, -0.2) is 39.8 Å². The number of nitrogens with one attached hydrogen (secondary N) is 1. The smallest absolute Gasteiger partial charge is 0.251 e. The maximum atomic E-state index is 12.0. The lowest BCUT2D eigenvalue weighted by molar-refractivity contribution is 0.0857. The summed E-state index contributed by atoms with van der Waals surface area (Å²) >= 11 is 0. The van der Waals surface area contributed by atoms with Gasteiger partial charge in [-0.15, -0.1) is 0 Å². The summed E-state index contributed by atoms with van der Waals surface area (Å²) in [6.07, 6.45) is 3.17. The highest BCUT2D eigenvalue weighted by atomic mass is 32.2. The monoisotopic (exact) mass is 297 g/mol. The van der Waals surface area contributed by atoms with Crippen LogP contribution in [0.4, 0.5) is 0 Å². The summed E-state index contributed by atoms with van der Waals surface area (Å²) in [5.41, 5.74) is 0.997. The van der Waals surface area contributed by atoms with E-state index in [-0.39, 0.29) is 16.9 Å². The lowest BCUT2D eigenvalue weighted by Gasteiger charge is -2.12. The van der Waals surface area contributed by atoms with Crippen LogP contribution >= 0.6 is 0 Å². The molecule has 0 aliphatic carbocycles. The second-order valence-corrected chi connectivity index (χ2v) is 7.08. The standard InChI is InChI=1S/C14H19NO4S/c1-10-5-6-11(8-13(10)20(2,17)18)14(16)15-9-12-4-3-7-19-12/h5-6,8,12H,3-4,7,9H2,1-2H3,(H,15,16). The first-order valence-corrected chi connectivity index (χ1v) is 8.47. The van der Waals surface area contributed by atoms with E-state index in [0.29, 0.717) is 17.7 Å². The van der Waals surface area contributed by atoms with Crippen LogP contribution in [0.2, 0.25) is 0 Å². The summed E-state index contributed by atoms with van der Waals surface area (Å²) in [6, 6.07) is 4.71. The van der Waals surface area contributed by atoms with E-state index in [2.05, 4.69) is 5.32 Å². The van der Waals surface area contributed by atoms with E-state index >= 15 is 0 Å². The van der Waals surface area contributed by atoms with Gasteiger partial charge < -0.3 is 10.1 Å². The molecule has 1 aromatic rings. The molecule has 1 saturated heterocycles. The van der Waals surface area contributed by atoms with Crippen molar-refractivity contribution in [1.82, 2.24) is 5.32 Å². The molecular weight excluding hydrogens is 278 g/mol. The molecule has 6 heteroatoms. The van der Waals surface area contributed by atoms with Crippen molar-refractivity contribution in [2.45, 2.75) is 30.8 Å². The van der Waals surface area contributed by atoms with E-state index < -0.39 is 9.84 Å². The predicted molar refractivity (Wildman–Crippen MR) is 75.6 cm³/mol. The van der Waals surface area contributed by atoms with Crippen LogP contribution in [0.5, 0.6) is 0 Å². The second-order valence-electron chi connectivity index (χ2n) is 5.10. The van der Waals surface area contributed by atoms with E-state index in [1.807, 2.05) is 0 Å². The zero-order valence-electron chi connectivity index (χ0n) is 11.7. The lowest BCUT2D eigenvalue weighted by Crippen LogP contribution is -2.31. The SMILES string of the molecule is Cc1ccc(C(=O)NCC2CCCO2)cc1S(C)(=O)=O.